The van der Waals surface area contributed by atoms with Crippen LogP contribution in [0.1, 0.15) is 24.8 Å². The van der Waals surface area contributed by atoms with Crippen molar-refractivity contribution >= 4 is 21.8 Å². The number of carbonyl (C=O) groups is 1. The Kier molecular flexibility index (Phi) is 5.86. The van der Waals surface area contributed by atoms with E-state index in [1.165, 1.54) is 12.8 Å². The van der Waals surface area contributed by atoms with Crippen molar-refractivity contribution in [3.8, 4) is 0 Å². The fourth-order valence-electron chi connectivity index (χ4n) is 2.48. The Bertz CT molecular complexity index is 416. The SMILES string of the molecule is O=C(Cc1cccc(Br)c1)NCC[C@@H]1CCCNC1. The molecule has 0 bridgehead atoms. The van der Waals surface area contributed by atoms with Gasteiger partial charge in [-0.05, 0) is 56.0 Å². The molecule has 4 heteroatoms. The van der Waals surface area contributed by atoms with Gasteiger partial charge < -0.3 is 10.6 Å². The van der Waals surface area contributed by atoms with E-state index in [1.54, 1.807) is 0 Å². The largest absolute Gasteiger partial charge is 0.356 e. The average molecular weight is 325 g/mol. The molecule has 19 heavy (non-hydrogen) atoms. The summed E-state index contributed by atoms with van der Waals surface area (Å²) >= 11 is 3.42. The Balaban J connectivity index is 1.67. The van der Waals surface area contributed by atoms with E-state index in [-0.39, 0.29) is 5.91 Å². The molecule has 0 saturated carbocycles. The molecular formula is C15H21BrN2O. The Hall–Kier alpha value is -0.870. The van der Waals surface area contributed by atoms with E-state index in [0.29, 0.717) is 6.42 Å². The Labute approximate surface area is 123 Å². The maximum Gasteiger partial charge on any atom is 0.224 e. The maximum atomic E-state index is 11.8. The van der Waals surface area contributed by atoms with Crippen molar-refractivity contribution < 1.29 is 4.79 Å². The number of carbonyl (C=O) groups excluding carboxylic acids is 1. The monoisotopic (exact) mass is 324 g/mol. The van der Waals surface area contributed by atoms with Crippen LogP contribution in [0.3, 0.4) is 0 Å². The molecular weight excluding hydrogens is 304 g/mol. The number of nitrogens with one attached hydrogen (secondary N) is 2. The Morgan fingerprint density at radius 2 is 2.37 bits per heavy atom. The quantitative estimate of drug-likeness (QED) is 0.873. The molecule has 0 spiro atoms. The molecule has 1 fully saturated rings. The molecule has 1 heterocycles. The molecule has 0 unspecified atom stereocenters. The minimum Gasteiger partial charge on any atom is -0.356 e. The normalized spacial score (nSPS) is 19.1. The van der Waals surface area contributed by atoms with Gasteiger partial charge in [-0.3, -0.25) is 4.79 Å². The summed E-state index contributed by atoms with van der Waals surface area (Å²) in [7, 11) is 0. The predicted molar refractivity (Wildman–Crippen MR) is 81.1 cm³/mol. The molecule has 1 aromatic carbocycles. The molecule has 1 aliphatic heterocycles. The number of rotatable bonds is 5. The summed E-state index contributed by atoms with van der Waals surface area (Å²) in [5.74, 6) is 0.835. The summed E-state index contributed by atoms with van der Waals surface area (Å²) in [4.78, 5) is 11.8. The lowest BCUT2D eigenvalue weighted by molar-refractivity contribution is -0.120. The molecule has 0 aromatic heterocycles. The van der Waals surface area contributed by atoms with Crippen LogP contribution in [-0.2, 0) is 11.2 Å². The van der Waals surface area contributed by atoms with Crippen molar-refractivity contribution in [2.24, 2.45) is 5.92 Å². The Morgan fingerprint density at radius 3 is 3.11 bits per heavy atom. The van der Waals surface area contributed by atoms with E-state index in [4.69, 9.17) is 0 Å². The first-order valence-electron chi connectivity index (χ1n) is 6.96. The molecule has 104 valence electrons. The van der Waals surface area contributed by atoms with Crippen LogP contribution in [0.5, 0.6) is 0 Å². The minimum atomic E-state index is 0.113. The van der Waals surface area contributed by atoms with Crippen molar-refractivity contribution in [1.29, 1.82) is 0 Å². The minimum absolute atomic E-state index is 0.113. The van der Waals surface area contributed by atoms with Crippen LogP contribution in [0.2, 0.25) is 0 Å². The first-order chi connectivity index (χ1) is 9.24. The highest BCUT2D eigenvalue weighted by molar-refractivity contribution is 9.10. The van der Waals surface area contributed by atoms with Crippen LogP contribution in [0, 0.1) is 5.92 Å². The second-order valence-corrected chi connectivity index (χ2v) is 6.07. The second kappa shape index (κ2) is 7.65. The molecule has 2 N–H and O–H groups in total. The zero-order valence-corrected chi connectivity index (χ0v) is 12.7. The number of piperidine rings is 1. The lowest BCUT2D eigenvalue weighted by atomic mass is 9.96. The van der Waals surface area contributed by atoms with Crippen LogP contribution in [0.15, 0.2) is 28.7 Å². The predicted octanol–water partition coefficient (Wildman–Crippen LogP) is 2.50. The topological polar surface area (TPSA) is 41.1 Å². The van der Waals surface area contributed by atoms with Gasteiger partial charge in [-0.15, -0.1) is 0 Å². The van der Waals surface area contributed by atoms with Crippen molar-refractivity contribution in [3.05, 3.63) is 34.3 Å². The molecule has 0 radical (unpaired) electrons. The van der Waals surface area contributed by atoms with Crippen molar-refractivity contribution in [1.82, 2.24) is 10.6 Å². The van der Waals surface area contributed by atoms with E-state index in [9.17, 15) is 4.79 Å². The third kappa shape index (κ3) is 5.33. The number of amides is 1. The third-order valence-electron chi connectivity index (χ3n) is 3.53. The van der Waals surface area contributed by atoms with Gasteiger partial charge in [0, 0.05) is 11.0 Å². The number of halogens is 1. The van der Waals surface area contributed by atoms with Gasteiger partial charge in [0.2, 0.25) is 5.91 Å². The summed E-state index contributed by atoms with van der Waals surface area (Å²) < 4.78 is 1.02. The van der Waals surface area contributed by atoms with E-state index in [2.05, 4.69) is 26.6 Å². The maximum absolute atomic E-state index is 11.8. The fraction of sp³-hybridized carbons (Fsp3) is 0.533. The van der Waals surface area contributed by atoms with Gasteiger partial charge >= 0.3 is 0 Å². The van der Waals surface area contributed by atoms with Gasteiger partial charge in [-0.25, -0.2) is 0 Å². The lowest BCUT2D eigenvalue weighted by Gasteiger charge is -2.22. The molecule has 1 aromatic rings. The van der Waals surface area contributed by atoms with Crippen molar-refractivity contribution in [2.75, 3.05) is 19.6 Å². The Morgan fingerprint density at radius 1 is 1.47 bits per heavy atom. The van der Waals surface area contributed by atoms with E-state index in [0.717, 1.165) is 42.0 Å². The summed E-state index contributed by atoms with van der Waals surface area (Å²) in [6.45, 7) is 3.03. The van der Waals surface area contributed by atoms with E-state index in [1.807, 2.05) is 24.3 Å². The van der Waals surface area contributed by atoms with Crippen LogP contribution in [-0.4, -0.2) is 25.5 Å². The van der Waals surface area contributed by atoms with Gasteiger partial charge in [0.1, 0.15) is 0 Å². The molecule has 2 rings (SSSR count). The van der Waals surface area contributed by atoms with Gasteiger partial charge in [-0.2, -0.15) is 0 Å². The van der Waals surface area contributed by atoms with Crippen LogP contribution in [0.4, 0.5) is 0 Å². The summed E-state index contributed by atoms with van der Waals surface area (Å²) in [5.41, 5.74) is 1.05. The summed E-state index contributed by atoms with van der Waals surface area (Å²) in [5, 5.41) is 6.42. The smallest absolute Gasteiger partial charge is 0.224 e. The zero-order valence-electron chi connectivity index (χ0n) is 11.1. The zero-order chi connectivity index (χ0) is 13.5. The molecule has 1 amide bonds. The van der Waals surface area contributed by atoms with Crippen molar-refractivity contribution in [3.63, 3.8) is 0 Å². The van der Waals surface area contributed by atoms with Crippen LogP contribution < -0.4 is 10.6 Å². The van der Waals surface area contributed by atoms with Crippen LogP contribution >= 0.6 is 15.9 Å². The summed E-state index contributed by atoms with van der Waals surface area (Å²) in [6.07, 6.45) is 4.09. The third-order valence-corrected chi connectivity index (χ3v) is 4.02. The van der Waals surface area contributed by atoms with E-state index < -0.39 is 0 Å². The highest BCUT2D eigenvalue weighted by Gasteiger charge is 2.12. The van der Waals surface area contributed by atoms with Gasteiger partial charge in [0.25, 0.3) is 0 Å². The number of hydrogen-bond acceptors (Lipinski definition) is 2. The molecule has 1 saturated heterocycles. The summed E-state index contributed by atoms with van der Waals surface area (Å²) in [6, 6.07) is 7.90. The molecule has 0 aliphatic carbocycles. The average Bonchev–Trinajstić information content (AvgIpc) is 2.40. The van der Waals surface area contributed by atoms with E-state index >= 15 is 0 Å². The highest BCUT2D eigenvalue weighted by atomic mass is 79.9. The first-order valence-corrected chi connectivity index (χ1v) is 7.75. The standard InChI is InChI=1S/C15H21BrN2O/c16-14-5-1-3-13(9-14)10-15(19)18-8-6-12-4-2-7-17-11-12/h1,3,5,9,12,17H,2,4,6-8,10-11H2,(H,18,19)/t12-/m0/s1. The number of benzene rings is 1. The molecule has 3 nitrogen and oxygen atoms in total. The van der Waals surface area contributed by atoms with Gasteiger partial charge in [0.05, 0.1) is 6.42 Å². The molecule has 1 atom stereocenters. The van der Waals surface area contributed by atoms with Crippen molar-refractivity contribution in [2.45, 2.75) is 25.7 Å². The highest BCUT2D eigenvalue weighted by Crippen LogP contribution is 2.13. The van der Waals surface area contributed by atoms with Crippen LogP contribution in [0.25, 0.3) is 0 Å². The molecule has 1 aliphatic rings. The fourth-order valence-corrected chi connectivity index (χ4v) is 2.93. The van der Waals surface area contributed by atoms with Gasteiger partial charge in [-0.1, -0.05) is 28.1 Å². The first kappa shape index (κ1) is 14.5. The number of hydrogen-bond donors (Lipinski definition) is 2. The lowest BCUT2D eigenvalue weighted by Crippen LogP contribution is -2.33. The van der Waals surface area contributed by atoms with Gasteiger partial charge in [0.15, 0.2) is 0 Å². The second-order valence-electron chi connectivity index (χ2n) is 5.16.